The summed E-state index contributed by atoms with van der Waals surface area (Å²) in [5.41, 5.74) is 2.55. The standard InChI is InChI=1S/C17H21N3/c1-14-18-11-10-16(19-14)17-9-5-6-12-20(17)13-15-7-3-2-4-8-15/h2-4,7-8,10-11,17H,5-6,9,12-13H2,1H3. The molecule has 2 heterocycles. The number of rotatable bonds is 3. The van der Waals surface area contributed by atoms with Crippen molar-refractivity contribution in [1.82, 2.24) is 14.9 Å². The van der Waals surface area contributed by atoms with Gasteiger partial charge in [-0.3, -0.25) is 4.90 Å². The molecule has 3 nitrogen and oxygen atoms in total. The first-order valence-electron chi connectivity index (χ1n) is 7.40. The maximum absolute atomic E-state index is 4.64. The fourth-order valence-corrected chi connectivity index (χ4v) is 2.99. The van der Waals surface area contributed by atoms with Gasteiger partial charge in [0.1, 0.15) is 5.82 Å². The zero-order chi connectivity index (χ0) is 13.8. The molecule has 3 heteroatoms. The van der Waals surface area contributed by atoms with E-state index in [-0.39, 0.29) is 0 Å². The fourth-order valence-electron chi connectivity index (χ4n) is 2.99. The van der Waals surface area contributed by atoms with Crippen molar-refractivity contribution in [1.29, 1.82) is 0 Å². The number of piperidine rings is 1. The van der Waals surface area contributed by atoms with Crippen LogP contribution >= 0.6 is 0 Å². The van der Waals surface area contributed by atoms with Gasteiger partial charge >= 0.3 is 0 Å². The highest BCUT2D eigenvalue weighted by Crippen LogP contribution is 2.30. The molecule has 1 fully saturated rings. The molecule has 3 rings (SSSR count). The van der Waals surface area contributed by atoms with E-state index < -0.39 is 0 Å². The molecule has 1 atom stereocenters. The maximum atomic E-state index is 4.64. The largest absolute Gasteiger partial charge is 0.291 e. The van der Waals surface area contributed by atoms with E-state index in [1.54, 1.807) is 0 Å². The van der Waals surface area contributed by atoms with E-state index in [2.05, 4.69) is 51.3 Å². The predicted molar refractivity (Wildman–Crippen MR) is 80.2 cm³/mol. The second-order valence-electron chi connectivity index (χ2n) is 5.50. The van der Waals surface area contributed by atoms with E-state index in [4.69, 9.17) is 0 Å². The first kappa shape index (κ1) is 13.3. The van der Waals surface area contributed by atoms with Gasteiger partial charge in [0.15, 0.2) is 0 Å². The van der Waals surface area contributed by atoms with Gasteiger partial charge in [-0.15, -0.1) is 0 Å². The van der Waals surface area contributed by atoms with Gasteiger partial charge < -0.3 is 0 Å². The molecule has 20 heavy (non-hydrogen) atoms. The van der Waals surface area contributed by atoms with Gasteiger partial charge in [0, 0.05) is 12.7 Å². The van der Waals surface area contributed by atoms with Crippen LogP contribution in [0, 0.1) is 6.92 Å². The van der Waals surface area contributed by atoms with Gasteiger partial charge in [-0.2, -0.15) is 0 Å². The molecule has 0 N–H and O–H groups in total. The molecule has 0 radical (unpaired) electrons. The van der Waals surface area contributed by atoms with Crippen LogP contribution in [0.1, 0.15) is 42.4 Å². The van der Waals surface area contributed by atoms with Crippen molar-refractivity contribution in [2.45, 2.75) is 38.8 Å². The minimum atomic E-state index is 0.436. The van der Waals surface area contributed by atoms with Gasteiger partial charge in [0.05, 0.1) is 11.7 Å². The summed E-state index contributed by atoms with van der Waals surface area (Å²) < 4.78 is 0. The Morgan fingerprint density at radius 3 is 2.80 bits per heavy atom. The third-order valence-corrected chi connectivity index (χ3v) is 3.98. The molecule has 1 aromatic heterocycles. The average Bonchev–Trinajstić information content (AvgIpc) is 2.49. The molecular formula is C17H21N3. The molecule has 104 valence electrons. The molecule has 1 aromatic carbocycles. The maximum Gasteiger partial charge on any atom is 0.125 e. The van der Waals surface area contributed by atoms with Gasteiger partial charge in [-0.05, 0) is 37.9 Å². The summed E-state index contributed by atoms with van der Waals surface area (Å²) in [6, 6.07) is 13.2. The smallest absolute Gasteiger partial charge is 0.125 e. The monoisotopic (exact) mass is 267 g/mol. The number of aryl methyl sites for hydroxylation is 1. The summed E-state index contributed by atoms with van der Waals surface area (Å²) in [6.45, 7) is 4.13. The lowest BCUT2D eigenvalue weighted by molar-refractivity contribution is 0.137. The lowest BCUT2D eigenvalue weighted by Gasteiger charge is -2.35. The topological polar surface area (TPSA) is 29.0 Å². The Balaban J connectivity index is 1.80. The van der Waals surface area contributed by atoms with Gasteiger partial charge in [0.2, 0.25) is 0 Å². The molecule has 0 amide bonds. The highest BCUT2D eigenvalue weighted by Gasteiger charge is 2.25. The molecule has 0 bridgehead atoms. The normalized spacial score (nSPS) is 19.9. The average molecular weight is 267 g/mol. The van der Waals surface area contributed by atoms with Crippen LogP contribution in [-0.2, 0) is 6.54 Å². The summed E-state index contributed by atoms with van der Waals surface area (Å²) in [5, 5.41) is 0. The van der Waals surface area contributed by atoms with Crippen LogP contribution in [-0.4, -0.2) is 21.4 Å². The Kier molecular flexibility index (Phi) is 4.07. The third kappa shape index (κ3) is 3.05. The Hall–Kier alpha value is -1.74. The summed E-state index contributed by atoms with van der Waals surface area (Å²) in [5.74, 6) is 0.868. The van der Waals surface area contributed by atoms with Crippen LogP contribution in [0.4, 0.5) is 0 Å². The Morgan fingerprint density at radius 2 is 2.00 bits per heavy atom. The van der Waals surface area contributed by atoms with Gasteiger partial charge in [0.25, 0.3) is 0 Å². The quantitative estimate of drug-likeness (QED) is 0.852. The van der Waals surface area contributed by atoms with Crippen molar-refractivity contribution >= 4 is 0 Å². The minimum absolute atomic E-state index is 0.436. The van der Waals surface area contributed by atoms with E-state index >= 15 is 0 Å². The third-order valence-electron chi connectivity index (χ3n) is 3.98. The SMILES string of the molecule is Cc1nccc(C2CCCCN2Cc2ccccc2)n1. The van der Waals surface area contributed by atoms with Crippen LogP contribution in [0.2, 0.25) is 0 Å². The number of aromatic nitrogens is 2. The number of benzene rings is 1. The molecule has 0 spiro atoms. The molecule has 0 saturated carbocycles. The van der Waals surface area contributed by atoms with E-state index in [0.717, 1.165) is 18.9 Å². The molecule has 1 saturated heterocycles. The highest BCUT2D eigenvalue weighted by atomic mass is 15.2. The molecule has 1 aliphatic heterocycles. The van der Waals surface area contributed by atoms with E-state index in [1.807, 2.05) is 13.1 Å². The lowest BCUT2D eigenvalue weighted by Crippen LogP contribution is -2.33. The van der Waals surface area contributed by atoms with Crippen LogP contribution in [0.5, 0.6) is 0 Å². The summed E-state index contributed by atoms with van der Waals surface area (Å²) in [4.78, 5) is 11.4. The van der Waals surface area contributed by atoms with E-state index in [1.165, 1.54) is 30.5 Å². The first-order valence-corrected chi connectivity index (χ1v) is 7.40. The summed E-state index contributed by atoms with van der Waals surface area (Å²) in [6.07, 6.45) is 5.66. The number of nitrogens with zero attached hydrogens (tertiary/aromatic N) is 3. The molecular weight excluding hydrogens is 246 g/mol. The second-order valence-corrected chi connectivity index (χ2v) is 5.50. The van der Waals surface area contributed by atoms with Crippen LogP contribution < -0.4 is 0 Å². The summed E-state index contributed by atoms with van der Waals surface area (Å²) in [7, 11) is 0. The highest BCUT2D eigenvalue weighted by molar-refractivity contribution is 5.16. The second kappa shape index (κ2) is 6.14. The van der Waals surface area contributed by atoms with Gasteiger partial charge in [-0.25, -0.2) is 9.97 Å². The van der Waals surface area contributed by atoms with Crippen molar-refractivity contribution in [3.63, 3.8) is 0 Å². The predicted octanol–water partition coefficient (Wildman–Crippen LogP) is 3.51. The molecule has 2 aromatic rings. The first-order chi connectivity index (χ1) is 9.83. The molecule has 1 unspecified atom stereocenters. The summed E-state index contributed by atoms with van der Waals surface area (Å²) >= 11 is 0. The Morgan fingerprint density at radius 1 is 1.15 bits per heavy atom. The number of hydrogen-bond acceptors (Lipinski definition) is 3. The van der Waals surface area contributed by atoms with E-state index in [0.29, 0.717) is 6.04 Å². The zero-order valence-corrected chi connectivity index (χ0v) is 12.0. The van der Waals surface area contributed by atoms with Crippen molar-refractivity contribution < 1.29 is 0 Å². The zero-order valence-electron chi connectivity index (χ0n) is 12.0. The van der Waals surface area contributed by atoms with Crippen LogP contribution in [0.15, 0.2) is 42.6 Å². The lowest BCUT2D eigenvalue weighted by atomic mass is 9.98. The van der Waals surface area contributed by atoms with Crippen LogP contribution in [0.3, 0.4) is 0 Å². The Labute approximate surface area is 120 Å². The van der Waals surface area contributed by atoms with Gasteiger partial charge in [-0.1, -0.05) is 36.8 Å². The van der Waals surface area contributed by atoms with E-state index in [9.17, 15) is 0 Å². The fraction of sp³-hybridized carbons (Fsp3) is 0.412. The van der Waals surface area contributed by atoms with Crippen molar-refractivity contribution in [2.75, 3.05) is 6.54 Å². The van der Waals surface area contributed by atoms with Crippen molar-refractivity contribution in [3.05, 3.63) is 59.7 Å². The van der Waals surface area contributed by atoms with Crippen LogP contribution in [0.25, 0.3) is 0 Å². The molecule has 1 aliphatic rings. The Bertz CT molecular complexity index is 553. The number of hydrogen-bond donors (Lipinski definition) is 0. The van der Waals surface area contributed by atoms with Crippen molar-refractivity contribution in [2.24, 2.45) is 0 Å². The number of likely N-dealkylation sites (tertiary alicyclic amines) is 1. The van der Waals surface area contributed by atoms with Crippen molar-refractivity contribution in [3.8, 4) is 0 Å². The minimum Gasteiger partial charge on any atom is -0.291 e. The molecule has 0 aliphatic carbocycles.